The molecule has 0 aliphatic rings. The lowest BCUT2D eigenvalue weighted by atomic mass is 10.0. The lowest BCUT2D eigenvalue weighted by Gasteiger charge is -2.18. The van der Waals surface area contributed by atoms with Crippen LogP contribution in [0.4, 0.5) is 0 Å². The Hall–Kier alpha value is -3.41. The Kier molecular flexibility index (Phi) is 57.3. The third-order valence-electron chi connectivity index (χ3n) is 13.1. The number of esters is 3. The van der Waals surface area contributed by atoms with Crippen molar-refractivity contribution in [3.05, 3.63) is 85.1 Å². The Morgan fingerprint density at radius 3 is 0.917 bits per heavy atom. The zero-order valence-electron chi connectivity index (χ0n) is 47.4. The molecule has 1 atom stereocenters. The highest BCUT2D eigenvalue weighted by Gasteiger charge is 2.19. The molecule has 0 spiro atoms. The summed E-state index contributed by atoms with van der Waals surface area (Å²) in [6, 6.07) is 0. The quantitative estimate of drug-likeness (QED) is 0.0261. The van der Waals surface area contributed by atoms with E-state index in [0.29, 0.717) is 19.3 Å². The van der Waals surface area contributed by atoms with E-state index in [1.54, 1.807) is 0 Å². The number of rotatable bonds is 55. The lowest BCUT2D eigenvalue weighted by molar-refractivity contribution is -0.167. The standard InChI is InChI=1S/C66H114O6/c1-4-7-10-13-16-19-22-25-28-30-31-32-33-34-36-38-41-44-47-50-53-56-59-65(68)71-62-63(61-70-64(67)58-55-52-49-46-43-40-37-27-24-21-18-15-12-9-6-3)72-66(69)60-57-54-51-48-45-42-39-35-29-26-23-20-17-14-11-8-5-2/h8,11,17-18,20-21,26-27,29,37,39,42,48,51,63H,4-7,9-10,12-16,19,22-25,28,30-36,38,40-41,43-47,49-50,52-62H2,1-3H3/b11-8-,20-17-,21-18-,29-26-,37-27-,42-39-,51-48-. The van der Waals surface area contributed by atoms with Crippen molar-refractivity contribution in [3.63, 3.8) is 0 Å². The predicted molar refractivity (Wildman–Crippen MR) is 311 cm³/mol. The molecule has 0 saturated heterocycles. The van der Waals surface area contributed by atoms with Gasteiger partial charge >= 0.3 is 17.9 Å². The molecule has 0 aliphatic heterocycles. The molecule has 0 aromatic carbocycles. The molecule has 0 saturated carbocycles. The van der Waals surface area contributed by atoms with Crippen LogP contribution in [0, 0.1) is 0 Å². The molecule has 0 rings (SSSR count). The van der Waals surface area contributed by atoms with Crippen LogP contribution in [0.15, 0.2) is 85.1 Å². The summed E-state index contributed by atoms with van der Waals surface area (Å²) >= 11 is 0. The van der Waals surface area contributed by atoms with E-state index in [9.17, 15) is 14.4 Å². The van der Waals surface area contributed by atoms with Crippen molar-refractivity contribution in [2.24, 2.45) is 0 Å². The first-order valence-corrected chi connectivity index (χ1v) is 30.6. The van der Waals surface area contributed by atoms with Crippen LogP contribution in [-0.4, -0.2) is 37.2 Å². The molecule has 1 unspecified atom stereocenters. The van der Waals surface area contributed by atoms with E-state index in [0.717, 1.165) is 103 Å². The number of allylic oxidation sites excluding steroid dienone is 14. The summed E-state index contributed by atoms with van der Waals surface area (Å²) in [4.78, 5) is 38.2. The summed E-state index contributed by atoms with van der Waals surface area (Å²) < 4.78 is 16.8. The monoisotopic (exact) mass is 1000 g/mol. The van der Waals surface area contributed by atoms with Crippen molar-refractivity contribution in [2.45, 2.75) is 303 Å². The Morgan fingerprint density at radius 2 is 0.556 bits per heavy atom. The minimum absolute atomic E-state index is 0.102. The molecule has 0 aromatic rings. The van der Waals surface area contributed by atoms with Gasteiger partial charge in [0.15, 0.2) is 6.10 Å². The molecule has 6 nitrogen and oxygen atoms in total. The van der Waals surface area contributed by atoms with Gasteiger partial charge < -0.3 is 14.2 Å². The molecule has 72 heavy (non-hydrogen) atoms. The fraction of sp³-hybridized carbons (Fsp3) is 0.742. The van der Waals surface area contributed by atoms with Gasteiger partial charge in [0.25, 0.3) is 0 Å². The third kappa shape index (κ3) is 57.5. The van der Waals surface area contributed by atoms with Gasteiger partial charge in [-0.15, -0.1) is 0 Å². The van der Waals surface area contributed by atoms with Gasteiger partial charge in [0, 0.05) is 19.3 Å². The van der Waals surface area contributed by atoms with E-state index in [1.807, 2.05) is 0 Å². The molecule has 0 radical (unpaired) electrons. The maximum absolute atomic E-state index is 12.9. The first-order chi connectivity index (χ1) is 35.5. The van der Waals surface area contributed by atoms with Crippen molar-refractivity contribution in [1.29, 1.82) is 0 Å². The fourth-order valence-electron chi connectivity index (χ4n) is 8.57. The predicted octanol–water partition coefficient (Wildman–Crippen LogP) is 20.7. The second kappa shape index (κ2) is 60.1. The number of unbranched alkanes of at least 4 members (excludes halogenated alkanes) is 30. The maximum Gasteiger partial charge on any atom is 0.306 e. The van der Waals surface area contributed by atoms with Gasteiger partial charge in [0.2, 0.25) is 0 Å². The van der Waals surface area contributed by atoms with E-state index in [2.05, 4.69) is 106 Å². The lowest BCUT2D eigenvalue weighted by Crippen LogP contribution is -2.30. The summed E-state index contributed by atoms with van der Waals surface area (Å²) in [5.41, 5.74) is 0. The Balaban J connectivity index is 4.41. The van der Waals surface area contributed by atoms with Crippen LogP contribution in [0.1, 0.15) is 297 Å². The molecular formula is C66H114O6. The van der Waals surface area contributed by atoms with Gasteiger partial charge in [0.05, 0.1) is 0 Å². The minimum Gasteiger partial charge on any atom is -0.462 e. The highest BCUT2D eigenvalue weighted by Crippen LogP contribution is 2.17. The van der Waals surface area contributed by atoms with Crippen LogP contribution >= 0.6 is 0 Å². The zero-order chi connectivity index (χ0) is 52.2. The largest absolute Gasteiger partial charge is 0.462 e. The molecule has 0 aliphatic carbocycles. The molecule has 0 fully saturated rings. The molecule has 0 bridgehead atoms. The Labute approximate surface area is 445 Å². The van der Waals surface area contributed by atoms with Gasteiger partial charge in [-0.3, -0.25) is 14.4 Å². The molecule has 414 valence electrons. The van der Waals surface area contributed by atoms with Crippen LogP contribution in [0.5, 0.6) is 0 Å². The van der Waals surface area contributed by atoms with Crippen LogP contribution in [-0.2, 0) is 28.6 Å². The van der Waals surface area contributed by atoms with Crippen LogP contribution in [0.3, 0.4) is 0 Å². The van der Waals surface area contributed by atoms with Gasteiger partial charge in [-0.05, 0) is 89.9 Å². The normalized spacial score (nSPS) is 12.7. The zero-order valence-corrected chi connectivity index (χ0v) is 47.4. The van der Waals surface area contributed by atoms with Crippen LogP contribution in [0.2, 0.25) is 0 Å². The highest BCUT2D eigenvalue weighted by atomic mass is 16.6. The Bertz CT molecular complexity index is 1380. The molecule has 0 amide bonds. The first-order valence-electron chi connectivity index (χ1n) is 30.6. The van der Waals surface area contributed by atoms with Gasteiger partial charge in [0.1, 0.15) is 13.2 Å². The summed E-state index contributed by atoms with van der Waals surface area (Å²) in [5, 5.41) is 0. The summed E-state index contributed by atoms with van der Waals surface area (Å²) in [6.07, 6.45) is 78.8. The van der Waals surface area contributed by atoms with Crippen molar-refractivity contribution in [3.8, 4) is 0 Å². The van der Waals surface area contributed by atoms with E-state index in [4.69, 9.17) is 14.2 Å². The highest BCUT2D eigenvalue weighted by molar-refractivity contribution is 5.71. The van der Waals surface area contributed by atoms with Gasteiger partial charge in [-0.25, -0.2) is 0 Å². The topological polar surface area (TPSA) is 78.9 Å². The number of hydrogen-bond acceptors (Lipinski definition) is 6. The smallest absolute Gasteiger partial charge is 0.306 e. The summed E-state index contributed by atoms with van der Waals surface area (Å²) in [7, 11) is 0. The van der Waals surface area contributed by atoms with Crippen LogP contribution in [0.25, 0.3) is 0 Å². The van der Waals surface area contributed by atoms with E-state index >= 15 is 0 Å². The number of carbonyl (C=O) groups excluding carboxylic acids is 3. The average molecular weight is 1000 g/mol. The number of hydrogen-bond donors (Lipinski definition) is 0. The van der Waals surface area contributed by atoms with Crippen molar-refractivity contribution in [1.82, 2.24) is 0 Å². The number of ether oxygens (including phenoxy) is 3. The van der Waals surface area contributed by atoms with E-state index in [1.165, 1.54) is 148 Å². The van der Waals surface area contributed by atoms with Crippen LogP contribution < -0.4 is 0 Å². The fourth-order valence-corrected chi connectivity index (χ4v) is 8.57. The first kappa shape index (κ1) is 68.6. The third-order valence-corrected chi connectivity index (χ3v) is 13.1. The van der Waals surface area contributed by atoms with Crippen molar-refractivity contribution < 1.29 is 28.6 Å². The van der Waals surface area contributed by atoms with Crippen molar-refractivity contribution >= 4 is 17.9 Å². The van der Waals surface area contributed by atoms with Gasteiger partial charge in [-0.2, -0.15) is 0 Å². The summed E-state index contributed by atoms with van der Waals surface area (Å²) in [6.45, 7) is 6.47. The van der Waals surface area contributed by atoms with E-state index < -0.39 is 6.10 Å². The molecule has 6 heteroatoms. The number of carbonyl (C=O) groups is 3. The second-order valence-electron chi connectivity index (χ2n) is 20.2. The SMILES string of the molecule is CC/C=C\C/C=C\C/C=C\C/C=C\C/C=C\CCCC(=O)OC(COC(=O)CCCCCCC/C=C\C/C=C\CCCCC)COC(=O)CCCCCCCCCCCCCCCCCCCCCCCC. The maximum atomic E-state index is 12.9. The molecule has 0 aromatic heterocycles. The van der Waals surface area contributed by atoms with E-state index in [-0.39, 0.29) is 37.5 Å². The van der Waals surface area contributed by atoms with Crippen molar-refractivity contribution in [2.75, 3.05) is 13.2 Å². The molecule has 0 heterocycles. The molecular weight excluding hydrogens is 889 g/mol. The average Bonchev–Trinajstić information content (AvgIpc) is 3.38. The second-order valence-corrected chi connectivity index (χ2v) is 20.2. The Morgan fingerprint density at radius 1 is 0.292 bits per heavy atom. The van der Waals surface area contributed by atoms with Gasteiger partial charge in [-0.1, -0.05) is 273 Å². The minimum atomic E-state index is -0.812. The summed E-state index contributed by atoms with van der Waals surface area (Å²) in [5.74, 6) is -0.965. The molecule has 0 N–H and O–H groups in total.